The summed E-state index contributed by atoms with van der Waals surface area (Å²) in [6.07, 6.45) is 0. The van der Waals surface area contributed by atoms with Gasteiger partial charge in [-0.05, 0) is 41.0 Å². The van der Waals surface area contributed by atoms with Gasteiger partial charge in [0.15, 0.2) is 15.7 Å². The molecule has 0 aliphatic carbocycles. The molecule has 166 valence electrons. The van der Waals surface area contributed by atoms with E-state index >= 15 is 0 Å². The van der Waals surface area contributed by atoms with Crippen LogP contribution in [0.25, 0.3) is 0 Å². The van der Waals surface area contributed by atoms with Gasteiger partial charge < -0.3 is 4.12 Å². The summed E-state index contributed by atoms with van der Waals surface area (Å²) in [5.41, 5.74) is 6.82. The summed E-state index contributed by atoms with van der Waals surface area (Å²) in [4.78, 5) is 0. The summed E-state index contributed by atoms with van der Waals surface area (Å²) in [6.45, 7) is 42.0. The van der Waals surface area contributed by atoms with Crippen molar-refractivity contribution in [2.75, 3.05) is 0 Å². The number of hydrogen-bond acceptors (Lipinski definition) is 1. The van der Waals surface area contributed by atoms with E-state index in [1.165, 1.54) is 0 Å². The third-order valence-corrected chi connectivity index (χ3v) is 50.6. The van der Waals surface area contributed by atoms with Crippen LogP contribution in [0.3, 0.4) is 0 Å². The molecule has 0 heterocycles. The second kappa shape index (κ2) is 8.25. The third kappa shape index (κ3) is 6.53. The molecule has 0 saturated heterocycles. The van der Waals surface area contributed by atoms with Crippen molar-refractivity contribution in [2.24, 2.45) is 5.41 Å². The zero-order valence-electron chi connectivity index (χ0n) is 22.5. The van der Waals surface area contributed by atoms with Gasteiger partial charge in [-0.2, -0.15) is 0 Å². The first kappa shape index (κ1) is 28.6. The van der Waals surface area contributed by atoms with E-state index < -0.39 is 38.9 Å². The van der Waals surface area contributed by atoms with Crippen molar-refractivity contribution in [3.63, 3.8) is 0 Å². The number of rotatable bonds is 6. The van der Waals surface area contributed by atoms with Gasteiger partial charge in [0.25, 0.3) is 0 Å². The Balaban J connectivity index is 7.21. The molecule has 0 N–H and O–H groups in total. The monoisotopic (exact) mass is 472 g/mol. The summed E-state index contributed by atoms with van der Waals surface area (Å²) in [5, 5.41) is 1.90. The van der Waals surface area contributed by atoms with Gasteiger partial charge in [0, 0.05) is 0 Å². The molecule has 0 saturated carbocycles. The normalized spacial score (nSPS) is 15.3. The molecule has 0 unspecified atom stereocenters. The molecule has 28 heavy (non-hydrogen) atoms. The molecular formula is C22H52OSi5. The van der Waals surface area contributed by atoms with Gasteiger partial charge in [0.05, 0.1) is 23.3 Å². The van der Waals surface area contributed by atoms with Crippen LogP contribution in [0.1, 0.15) is 41.5 Å². The van der Waals surface area contributed by atoms with Gasteiger partial charge in [0.2, 0.25) is 0 Å². The summed E-state index contributed by atoms with van der Waals surface area (Å²) >= 11 is 0. The Kier molecular flexibility index (Phi) is 8.41. The predicted octanol–water partition coefficient (Wildman–Crippen LogP) is 8.33. The first-order valence-electron chi connectivity index (χ1n) is 11.0. The van der Waals surface area contributed by atoms with Gasteiger partial charge in [0.1, 0.15) is 0 Å². The first-order valence-corrected chi connectivity index (χ1v) is 28.4. The first-order chi connectivity index (χ1) is 11.8. The minimum atomic E-state index is -2.01. The minimum absolute atomic E-state index is 0.150. The lowest BCUT2D eigenvalue weighted by Gasteiger charge is -2.50. The van der Waals surface area contributed by atoms with Crippen LogP contribution in [-0.4, -0.2) is 38.9 Å². The fourth-order valence-corrected chi connectivity index (χ4v) is 58.5. The Morgan fingerprint density at radius 3 is 1.25 bits per heavy atom. The van der Waals surface area contributed by atoms with Gasteiger partial charge in [-0.1, -0.05) is 93.9 Å². The maximum absolute atomic E-state index is 7.30. The third-order valence-electron chi connectivity index (χ3n) is 6.37. The molecule has 0 bridgehead atoms. The van der Waals surface area contributed by atoms with E-state index in [1.54, 1.807) is 5.20 Å². The zero-order chi connectivity index (χ0) is 23.2. The molecule has 0 aromatic heterocycles. The molecular weight excluding hydrogens is 421 g/mol. The molecule has 0 aromatic rings. The smallest absolute Gasteiger partial charge is 0.184 e. The van der Waals surface area contributed by atoms with E-state index in [0.29, 0.717) is 5.04 Å². The van der Waals surface area contributed by atoms with Crippen molar-refractivity contribution in [1.82, 2.24) is 0 Å². The van der Waals surface area contributed by atoms with Crippen LogP contribution in [-0.2, 0) is 4.12 Å². The summed E-state index contributed by atoms with van der Waals surface area (Å²) in [6, 6.07) is 0. The van der Waals surface area contributed by atoms with Crippen molar-refractivity contribution in [3.8, 4) is 0 Å². The molecule has 0 fully saturated rings. The molecule has 0 aliphatic rings. The lowest BCUT2D eigenvalue weighted by atomic mass is 9.96. The fourth-order valence-electron chi connectivity index (χ4n) is 4.26. The predicted molar refractivity (Wildman–Crippen MR) is 145 cm³/mol. The van der Waals surface area contributed by atoms with Gasteiger partial charge in [-0.15, -0.1) is 5.73 Å². The van der Waals surface area contributed by atoms with Crippen molar-refractivity contribution in [3.05, 3.63) is 16.6 Å². The molecule has 0 atom stereocenters. The molecule has 1 nitrogen and oxygen atoms in total. The van der Waals surface area contributed by atoms with E-state index in [0.717, 1.165) is 0 Å². The lowest BCUT2D eigenvalue weighted by molar-refractivity contribution is 0.518. The highest BCUT2D eigenvalue weighted by Crippen LogP contribution is 2.46. The standard InChI is InChI=1S/C22H52OSi5/c1-21(2,3)20(27(16,17)22(4,5)6)18-19-28(25(10,11)12,26(13,14)15)23-24(7,8)9/h19H,1-17H3. The Labute approximate surface area is 183 Å². The second-order valence-corrected chi connectivity index (χ2v) is 50.2. The Morgan fingerprint density at radius 1 is 0.679 bits per heavy atom. The van der Waals surface area contributed by atoms with E-state index in [-0.39, 0.29) is 5.41 Å². The van der Waals surface area contributed by atoms with Crippen molar-refractivity contribution in [2.45, 2.75) is 119 Å². The van der Waals surface area contributed by atoms with Gasteiger partial charge in [-0.25, -0.2) is 0 Å². The van der Waals surface area contributed by atoms with Crippen molar-refractivity contribution < 1.29 is 4.12 Å². The number of hydrogen-bond donors (Lipinski definition) is 0. The van der Waals surface area contributed by atoms with Gasteiger partial charge in [-0.3, -0.25) is 0 Å². The van der Waals surface area contributed by atoms with E-state index in [2.05, 4.69) is 125 Å². The van der Waals surface area contributed by atoms with Crippen LogP contribution in [0.15, 0.2) is 16.6 Å². The van der Waals surface area contributed by atoms with Gasteiger partial charge >= 0.3 is 0 Å². The Morgan fingerprint density at radius 2 is 1.04 bits per heavy atom. The van der Waals surface area contributed by atoms with E-state index in [4.69, 9.17) is 4.12 Å². The quantitative estimate of drug-likeness (QED) is 0.279. The largest absolute Gasteiger partial charge is 0.456 e. The molecule has 0 aliphatic heterocycles. The van der Waals surface area contributed by atoms with Crippen LogP contribution in [0.2, 0.25) is 77.1 Å². The molecule has 0 rings (SSSR count). The molecule has 0 amide bonds. The van der Waals surface area contributed by atoms with Crippen LogP contribution < -0.4 is 0 Å². The van der Waals surface area contributed by atoms with E-state index in [9.17, 15) is 0 Å². The maximum atomic E-state index is 7.30. The summed E-state index contributed by atoms with van der Waals surface area (Å²) in [7, 11) is -8.35. The zero-order valence-corrected chi connectivity index (χ0v) is 27.5. The maximum Gasteiger partial charge on any atom is 0.184 e. The van der Waals surface area contributed by atoms with Crippen LogP contribution >= 0.6 is 0 Å². The highest BCUT2D eigenvalue weighted by atomic mass is 29.7. The van der Waals surface area contributed by atoms with Crippen molar-refractivity contribution >= 4 is 38.9 Å². The molecule has 0 radical (unpaired) electrons. The molecule has 0 spiro atoms. The SMILES string of the molecule is CC(C)(C)C(=C=C[Si](O[Si](C)(C)C)([Si](C)(C)C)[Si](C)(C)C)[Si](C)(C)C(C)(C)C. The molecule has 6 heteroatoms. The fraction of sp³-hybridized carbons (Fsp3) is 0.864. The topological polar surface area (TPSA) is 9.23 Å². The lowest BCUT2D eigenvalue weighted by Crippen LogP contribution is -2.74. The Hall–Kier alpha value is 0.564. The highest BCUT2D eigenvalue weighted by Gasteiger charge is 2.57. The number of allylic oxidation sites excluding steroid dienone is 1. The second-order valence-electron chi connectivity index (χ2n) is 14.2. The minimum Gasteiger partial charge on any atom is -0.456 e. The highest BCUT2D eigenvalue weighted by molar-refractivity contribution is 7.69. The van der Waals surface area contributed by atoms with Crippen LogP contribution in [0, 0.1) is 5.41 Å². The Bertz CT molecular complexity index is 594. The summed E-state index contributed by atoms with van der Waals surface area (Å²) in [5.74, 6) is 0. The summed E-state index contributed by atoms with van der Waals surface area (Å²) < 4.78 is 7.30. The molecule has 0 aromatic carbocycles. The van der Waals surface area contributed by atoms with E-state index in [1.807, 2.05) is 0 Å². The average molecular weight is 473 g/mol. The average Bonchev–Trinajstić information content (AvgIpc) is 2.29. The van der Waals surface area contributed by atoms with Crippen LogP contribution in [0.5, 0.6) is 0 Å². The van der Waals surface area contributed by atoms with Crippen LogP contribution in [0.4, 0.5) is 0 Å². The van der Waals surface area contributed by atoms with Crippen molar-refractivity contribution in [1.29, 1.82) is 0 Å².